The van der Waals surface area contributed by atoms with E-state index >= 15 is 0 Å². The van der Waals surface area contributed by atoms with Crippen LogP contribution in [0.1, 0.15) is 31.7 Å². The molecule has 0 saturated heterocycles. The van der Waals surface area contributed by atoms with Crippen molar-refractivity contribution < 1.29 is 4.39 Å². The summed E-state index contributed by atoms with van der Waals surface area (Å²) in [5.41, 5.74) is 1.06. The van der Waals surface area contributed by atoms with Gasteiger partial charge < -0.3 is 0 Å². The van der Waals surface area contributed by atoms with Crippen LogP contribution in [0.5, 0.6) is 0 Å². The van der Waals surface area contributed by atoms with Crippen molar-refractivity contribution in [1.82, 2.24) is 0 Å². The predicted molar refractivity (Wildman–Crippen MR) is 52.8 cm³/mol. The van der Waals surface area contributed by atoms with Crippen molar-refractivity contribution in [2.24, 2.45) is 0 Å². The van der Waals surface area contributed by atoms with Gasteiger partial charge in [0.15, 0.2) is 0 Å². The highest BCUT2D eigenvalue weighted by atomic mass is 79.9. The molecule has 0 bridgehead atoms. The molecule has 0 saturated carbocycles. The normalized spacial score (nSPS) is 13.0. The predicted octanol–water partition coefficient (Wildman–Crippen LogP) is 4.10. The van der Waals surface area contributed by atoms with Gasteiger partial charge in [-0.3, -0.25) is 0 Å². The smallest absolute Gasteiger partial charge is 0.124 e. The van der Waals surface area contributed by atoms with Crippen LogP contribution in [0.25, 0.3) is 0 Å². The fourth-order valence-electron chi connectivity index (χ4n) is 1.10. The lowest BCUT2D eigenvalue weighted by Crippen LogP contribution is -1.92. The summed E-state index contributed by atoms with van der Waals surface area (Å²) in [5, 5.41) is 0. The molecular formula is C10H12BrF. The summed E-state index contributed by atoms with van der Waals surface area (Å²) in [6.07, 6.45) is 1.04. The Morgan fingerprint density at radius 1 is 1.42 bits per heavy atom. The summed E-state index contributed by atoms with van der Waals surface area (Å²) in [4.78, 5) is 0. The minimum Gasteiger partial charge on any atom is -0.207 e. The van der Waals surface area contributed by atoms with Gasteiger partial charge in [-0.15, -0.1) is 0 Å². The van der Waals surface area contributed by atoms with Gasteiger partial charge in [0.1, 0.15) is 5.82 Å². The highest BCUT2D eigenvalue weighted by Crippen LogP contribution is 2.23. The maximum Gasteiger partial charge on any atom is 0.124 e. The zero-order valence-corrected chi connectivity index (χ0v) is 8.86. The Labute approximate surface area is 80.9 Å². The molecule has 1 aromatic rings. The van der Waals surface area contributed by atoms with Gasteiger partial charge in [-0.05, 0) is 36.1 Å². The van der Waals surface area contributed by atoms with Crippen molar-refractivity contribution in [2.75, 3.05) is 0 Å². The molecule has 0 aromatic heterocycles. The number of halogens is 2. The SMILES string of the molecule is CCC(C)c1cc(F)cc(Br)c1. The van der Waals surface area contributed by atoms with Gasteiger partial charge in [0.2, 0.25) is 0 Å². The molecule has 1 unspecified atom stereocenters. The van der Waals surface area contributed by atoms with E-state index in [1.807, 2.05) is 6.07 Å². The van der Waals surface area contributed by atoms with E-state index in [0.29, 0.717) is 5.92 Å². The topological polar surface area (TPSA) is 0 Å². The van der Waals surface area contributed by atoms with Crippen molar-refractivity contribution in [3.8, 4) is 0 Å². The van der Waals surface area contributed by atoms with E-state index in [1.165, 1.54) is 6.07 Å². The largest absolute Gasteiger partial charge is 0.207 e. The Hall–Kier alpha value is -0.370. The second-order valence-electron chi connectivity index (χ2n) is 3.01. The highest BCUT2D eigenvalue weighted by molar-refractivity contribution is 9.10. The van der Waals surface area contributed by atoms with Crippen LogP contribution in [0.2, 0.25) is 0 Å². The van der Waals surface area contributed by atoms with Crippen molar-refractivity contribution in [3.05, 3.63) is 34.1 Å². The maximum absolute atomic E-state index is 12.9. The molecule has 0 nitrogen and oxygen atoms in total. The van der Waals surface area contributed by atoms with Crippen LogP contribution in [-0.4, -0.2) is 0 Å². The van der Waals surface area contributed by atoms with Crippen LogP contribution in [0, 0.1) is 5.82 Å². The van der Waals surface area contributed by atoms with E-state index in [-0.39, 0.29) is 5.82 Å². The second-order valence-corrected chi connectivity index (χ2v) is 3.93. The first-order valence-corrected chi connectivity index (χ1v) is 4.88. The lowest BCUT2D eigenvalue weighted by atomic mass is 9.99. The Balaban J connectivity index is 3.00. The van der Waals surface area contributed by atoms with Gasteiger partial charge >= 0.3 is 0 Å². The van der Waals surface area contributed by atoms with Crippen LogP contribution in [0.3, 0.4) is 0 Å². The van der Waals surface area contributed by atoms with Gasteiger partial charge in [-0.1, -0.05) is 29.8 Å². The molecule has 0 heterocycles. The monoisotopic (exact) mass is 230 g/mol. The van der Waals surface area contributed by atoms with Gasteiger partial charge in [-0.2, -0.15) is 0 Å². The first kappa shape index (κ1) is 9.72. The third kappa shape index (κ3) is 2.31. The van der Waals surface area contributed by atoms with E-state index in [2.05, 4.69) is 29.8 Å². The third-order valence-corrected chi connectivity index (χ3v) is 2.52. The summed E-state index contributed by atoms with van der Waals surface area (Å²) in [6.45, 7) is 4.20. The van der Waals surface area contributed by atoms with Crippen molar-refractivity contribution in [2.45, 2.75) is 26.2 Å². The molecule has 0 spiro atoms. The lowest BCUT2D eigenvalue weighted by Gasteiger charge is -2.08. The van der Waals surface area contributed by atoms with Crippen LogP contribution >= 0.6 is 15.9 Å². The minimum atomic E-state index is -0.167. The van der Waals surface area contributed by atoms with Gasteiger partial charge in [-0.25, -0.2) is 4.39 Å². The fraction of sp³-hybridized carbons (Fsp3) is 0.400. The maximum atomic E-state index is 12.9. The molecule has 0 N–H and O–H groups in total. The average molecular weight is 231 g/mol. The Morgan fingerprint density at radius 2 is 2.08 bits per heavy atom. The standard InChI is InChI=1S/C10H12BrF/c1-3-7(2)8-4-9(11)6-10(12)5-8/h4-7H,3H2,1-2H3. The van der Waals surface area contributed by atoms with Crippen LogP contribution in [-0.2, 0) is 0 Å². The average Bonchev–Trinajstić information content (AvgIpc) is 2.01. The summed E-state index contributed by atoms with van der Waals surface area (Å²) >= 11 is 3.27. The van der Waals surface area contributed by atoms with Gasteiger partial charge in [0.25, 0.3) is 0 Å². The zero-order chi connectivity index (χ0) is 9.14. The molecule has 0 radical (unpaired) electrons. The number of hydrogen-bond acceptors (Lipinski definition) is 0. The molecule has 0 aliphatic heterocycles. The lowest BCUT2D eigenvalue weighted by molar-refractivity contribution is 0.618. The minimum absolute atomic E-state index is 0.167. The molecule has 0 amide bonds. The van der Waals surface area contributed by atoms with Gasteiger partial charge in [0.05, 0.1) is 0 Å². The Bertz CT molecular complexity index is 250. The van der Waals surface area contributed by atoms with Crippen molar-refractivity contribution in [1.29, 1.82) is 0 Å². The zero-order valence-electron chi connectivity index (χ0n) is 7.27. The molecule has 66 valence electrons. The summed E-state index contributed by atoms with van der Waals surface area (Å²) in [7, 11) is 0. The van der Waals surface area contributed by atoms with Crippen LogP contribution in [0.15, 0.2) is 22.7 Å². The van der Waals surface area contributed by atoms with E-state index < -0.39 is 0 Å². The third-order valence-electron chi connectivity index (χ3n) is 2.07. The summed E-state index contributed by atoms with van der Waals surface area (Å²) in [6, 6.07) is 5.04. The fourth-order valence-corrected chi connectivity index (χ4v) is 1.58. The van der Waals surface area contributed by atoms with E-state index in [0.717, 1.165) is 16.5 Å². The first-order chi connectivity index (χ1) is 5.63. The molecule has 0 fully saturated rings. The molecular weight excluding hydrogens is 219 g/mol. The molecule has 2 heteroatoms. The quantitative estimate of drug-likeness (QED) is 0.718. The number of benzene rings is 1. The summed E-state index contributed by atoms with van der Waals surface area (Å²) < 4.78 is 13.7. The number of hydrogen-bond donors (Lipinski definition) is 0. The van der Waals surface area contributed by atoms with E-state index in [9.17, 15) is 4.39 Å². The molecule has 0 aliphatic rings. The number of rotatable bonds is 2. The van der Waals surface area contributed by atoms with Crippen molar-refractivity contribution >= 4 is 15.9 Å². The molecule has 0 aliphatic carbocycles. The van der Waals surface area contributed by atoms with E-state index in [1.54, 1.807) is 6.07 Å². The molecule has 12 heavy (non-hydrogen) atoms. The summed E-state index contributed by atoms with van der Waals surface area (Å²) in [5.74, 6) is 0.261. The first-order valence-electron chi connectivity index (χ1n) is 4.09. The Kier molecular flexibility index (Phi) is 3.27. The molecule has 1 aromatic carbocycles. The van der Waals surface area contributed by atoms with Gasteiger partial charge in [0, 0.05) is 4.47 Å². The highest BCUT2D eigenvalue weighted by Gasteiger charge is 2.04. The van der Waals surface area contributed by atoms with Crippen LogP contribution < -0.4 is 0 Å². The van der Waals surface area contributed by atoms with Crippen LogP contribution in [0.4, 0.5) is 4.39 Å². The van der Waals surface area contributed by atoms with Crippen molar-refractivity contribution in [3.63, 3.8) is 0 Å². The second kappa shape index (κ2) is 4.04. The van der Waals surface area contributed by atoms with E-state index in [4.69, 9.17) is 0 Å². The molecule has 1 atom stereocenters. The molecule has 1 rings (SSSR count). The Morgan fingerprint density at radius 3 is 2.58 bits per heavy atom.